The van der Waals surface area contributed by atoms with Gasteiger partial charge in [-0.3, -0.25) is 14.2 Å². The number of carbonyl (C=O) groups excluding carboxylic acids is 1. The third-order valence-electron chi connectivity index (χ3n) is 4.38. The quantitative estimate of drug-likeness (QED) is 0.628. The number of nitrogens with one attached hydrogen (secondary N) is 1. The molecule has 0 fully saturated rings. The lowest BCUT2D eigenvalue weighted by Gasteiger charge is -2.13. The van der Waals surface area contributed by atoms with Crippen LogP contribution in [0.1, 0.15) is 39.4 Å². The molecule has 0 radical (unpaired) electrons. The maximum absolute atomic E-state index is 13.1. The second-order valence-electron chi connectivity index (χ2n) is 7.03. The van der Waals surface area contributed by atoms with Gasteiger partial charge in [-0.1, -0.05) is 13.3 Å². The Morgan fingerprint density at radius 1 is 1.29 bits per heavy atom. The molecule has 0 aliphatic carbocycles. The highest BCUT2D eigenvalue weighted by Gasteiger charge is 2.20. The largest absolute Gasteiger partial charge is 0.467 e. The lowest BCUT2D eigenvalue weighted by atomic mass is 10.3. The van der Waals surface area contributed by atoms with Crippen LogP contribution in [-0.4, -0.2) is 30.6 Å². The maximum atomic E-state index is 13.1. The van der Waals surface area contributed by atoms with Crippen molar-refractivity contribution in [3.8, 4) is 0 Å². The molecule has 150 valence electrons. The number of carbonyl (C=O) groups is 1. The van der Waals surface area contributed by atoms with Crippen LogP contribution in [0.15, 0.2) is 38.7 Å². The summed E-state index contributed by atoms with van der Waals surface area (Å²) in [7, 11) is 0. The summed E-state index contributed by atoms with van der Waals surface area (Å²) in [5.41, 5.74) is -0.441. The highest BCUT2D eigenvalue weighted by atomic mass is 16.3. The van der Waals surface area contributed by atoms with Gasteiger partial charge in [-0.15, -0.1) is 0 Å². The number of hydrogen-bond donors (Lipinski definition) is 1. The summed E-state index contributed by atoms with van der Waals surface area (Å²) in [5.74, 6) is 0.279. The molecule has 3 aromatic heterocycles. The Kier molecular flexibility index (Phi) is 5.81. The highest BCUT2D eigenvalue weighted by molar-refractivity contribution is 5.76. The highest BCUT2D eigenvalue weighted by Crippen LogP contribution is 2.11. The van der Waals surface area contributed by atoms with Gasteiger partial charge in [-0.05, 0) is 32.4 Å². The maximum Gasteiger partial charge on any atom is 0.333 e. The van der Waals surface area contributed by atoms with Gasteiger partial charge in [0.2, 0.25) is 5.91 Å². The Balaban J connectivity index is 2.14. The number of rotatable bonds is 8. The molecule has 3 heterocycles. The van der Waals surface area contributed by atoms with Gasteiger partial charge >= 0.3 is 5.69 Å². The zero-order chi connectivity index (χ0) is 20.3. The van der Waals surface area contributed by atoms with Crippen LogP contribution in [0.5, 0.6) is 0 Å². The summed E-state index contributed by atoms with van der Waals surface area (Å²) in [4.78, 5) is 42.5. The molecule has 0 unspecified atom stereocenters. The van der Waals surface area contributed by atoms with Crippen LogP contribution in [0.25, 0.3) is 11.2 Å². The van der Waals surface area contributed by atoms with E-state index in [2.05, 4.69) is 10.3 Å². The molecule has 3 aromatic rings. The smallest absolute Gasteiger partial charge is 0.333 e. The normalized spacial score (nSPS) is 11.4. The molecular formula is C19H25N5O4. The number of hydrogen-bond acceptors (Lipinski definition) is 5. The first-order valence-corrected chi connectivity index (χ1v) is 9.42. The third kappa shape index (κ3) is 3.92. The predicted molar refractivity (Wildman–Crippen MR) is 104 cm³/mol. The van der Waals surface area contributed by atoms with Crippen LogP contribution in [-0.2, 0) is 24.4 Å². The van der Waals surface area contributed by atoms with Gasteiger partial charge in [0.25, 0.3) is 5.56 Å². The van der Waals surface area contributed by atoms with Crippen molar-refractivity contribution in [2.45, 2.75) is 59.3 Å². The van der Waals surface area contributed by atoms with E-state index < -0.39 is 11.2 Å². The minimum absolute atomic E-state index is 0.0845. The van der Waals surface area contributed by atoms with E-state index >= 15 is 0 Å². The van der Waals surface area contributed by atoms with Crippen LogP contribution in [0.4, 0.5) is 0 Å². The Bertz CT molecular complexity index is 1070. The minimum Gasteiger partial charge on any atom is -0.467 e. The third-order valence-corrected chi connectivity index (χ3v) is 4.38. The first-order valence-electron chi connectivity index (χ1n) is 9.42. The van der Waals surface area contributed by atoms with Crippen LogP contribution in [0.2, 0.25) is 0 Å². The topological polar surface area (TPSA) is 104 Å². The van der Waals surface area contributed by atoms with E-state index in [1.54, 1.807) is 23.0 Å². The molecule has 0 bridgehead atoms. The number of aromatic nitrogens is 4. The Labute approximate surface area is 161 Å². The van der Waals surface area contributed by atoms with Gasteiger partial charge in [0, 0.05) is 12.6 Å². The first kappa shape index (κ1) is 19.7. The number of aryl methyl sites for hydroxylation is 1. The molecule has 0 atom stereocenters. The van der Waals surface area contributed by atoms with Crippen molar-refractivity contribution in [2.75, 3.05) is 0 Å². The van der Waals surface area contributed by atoms with E-state index in [0.29, 0.717) is 24.5 Å². The average molecular weight is 387 g/mol. The molecule has 3 rings (SSSR count). The van der Waals surface area contributed by atoms with Crippen molar-refractivity contribution in [1.82, 2.24) is 24.0 Å². The fraction of sp³-hybridized carbons (Fsp3) is 0.474. The summed E-state index contributed by atoms with van der Waals surface area (Å²) in [6.07, 6.45) is 4.72. The fourth-order valence-corrected chi connectivity index (χ4v) is 3.10. The van der Waals surface area contributed by atoms with Crippen LogP contribution in [0.3, 0.4) is 0 Å². The van der Waals surface area contributed by atoms with Crippen LogP contribution < -0.4 is 16.6 Å². The summed E-state index contributed by atoms with van der Waals surface area (Å²) >= 11 is 0. The van der Waals surface area contributed by atoms with E-state index in [1.807, 2.05) is 20.8 Å². The zero-order valence-corrected chi connectivity index (χ0v) is 16.3. The first-order chi connectivity index (χ1) is 13.4. The van der Waals surface area contributed by atoms with Crippen molar-refractivity contribution in [2.24, 2.45) is 0 Å². The van der Waals surface area contributed by atoms with E-state index in [-0.39, 0.29) is 24.0 Å². The monoisotopic (exact) mass is 387 g/mol. The summed E-state index contributed by atoms with van der Waals surface area (Å²) in [6.45, 7) is 6.07. The number of furan rings is 1. The molecule has 0 saturated heterocycles. The standard InChI is InChI=1S/C19H25N5O4/c1-4-5-8-23-17-16(22(12-20-17)10-14-7-6-9-28-14)18(26)24(19(23)27)11-15(25)21-13(2)3/h6-7,9,12-13H,4-5,8,10-11H2,1-3H3,(H,21,25). The Morgan fingerprint density at radius 2 is 2.07 bits per heavy atom. The Morgan fingerprint density at radius 3 is 2.71 bits per heavy atom. The molecular weight excluding hydrogens is 362 g/mol. The molecule has 28 heavy (non-hydrogen) atoms. The van der Waals surface area contributed by atoms with Crippen molar-refractivity contribution in [3.05, 3.63) is 51.3 Å². The van der Waals surface area contributed by atoms with E-state index in [1.165, 1.54) is 10.9 Å². The Hall–Kier alpha value is -3.10. The second-order valence-corrected chi connectivity index (χ2v) is 7.03. The van der Waals surface area contributed by atoms with Crippen LogP contribution in [0, 0.1) is 0 Å². The van der Waals surface area contributed by atoms with Gasteiger partial charge < -0.3 is 14.3 Å². The molecule has 9 nitrogen and oxygen atoms in total. The lowest BCUT2D eigenvalue weighted by Crippen LogP contribution is -2.45. The van der Waals surface area contributed by atoms with Gasteiger partial charge in [0.05, 0.1) is 19.1 Å². The predicted octanol–water partition coefficient (Wildman–Crippen LogP) is 1.33. The average Bonchev–Trinajstić information content (AvgIpc) is 3.29. The van der Waals surface area contributed by atoms with E-state index in [0.717, 1.165) is 17.4 Å². The molecule has 0 aliphatic heterocycles. The van der Waals surface area contributed by atoms with E-state index in [9.17, 15) is 14.4 Å². The second kappa shape index (κ2) is 8.28. The number of unbranched alkanes of at least 4 members (excludes halogenated alkanes) is 1. The van der Waals surface area contributed by atoms with Crippen molar-refractivity contribution in [1.29, 1.82) is 0 Å². The molecule has 1 amide bonds. The van der Waals surface area contributed by atoms with E-state index in [4.69, 9.17) is 4.42 Å². The molecule has 9 heteroatoms. The number of amides is 1. The molecule has 0 aliphatic rings. The van der Waals surface area contributed by atoms with Crippen molar-refractivity contribution in [3.63, 3.8) is 0 Å². The molecule has 0 saturated carbocycles. The molecule has 0 aromatic carbocycles. The lowest BCUT2D eigenvalue weighted by molar-refractivity contribution is -0.122. The SMILES string of the molecule is CCCCn1c(=O)n(CC(=O)NC(C)C)c(=O)c2c1ncn2Cc1ccco1. The molecule has 1 N–H and O–H groups in total. The number of fused-ring (bicyclic) bond motifs is 1. The zero-order valence-electron chi connectivity index (χ0n) is 16.3. The number of nitrogens with zero attached hydrogens (tertiary/aromatic N) is 4. The summed E-state index contributed by atoms with van der Waals surface area (Å²) in [5, 5.41) is 2.72. The fourth-order valence-electron chi connectivity index (χ4n) is 3.10. The minimum atomic E-state index is -0.532. The van der Waals surface area contributed by atoms with Gasteiger partial charge in [0.1, 0.15) is 12.3 Å². The van der Waals surface area contributed by atoms with Crippen LogP contribution >= 0.6 is 0 Å². The van der Waals surface area contributed by atoms with Crippen molar-refractivity contribution >= 4 is 17.1 Å². The summed E-state index contributed by atoms with van der Waals surface area (Å²) < 4.78 is 9.47. The molecule has 0 spiro atoms. The van der Waals surface area contributed by atoms with Crippen molar-refractivity contribution < 1.29 is 9.21 Å². The summed E-state index contributed by atoms with van der Waals surface area (Å²) in [6, 6.07) is 3.48. The van der Waals surface area contributed by atoms with Gasteiger partial charge in [-0.2, -0.15) is 0 Å². The number of imidazole rings is 1. The van der Waals surface area contributed by atoms with Gasteiger partial charge in [-0.25, -0.2) is 14.3 Å². The van der Waals surface area contributed by atoms with Gasteiger partial charge in [0.15, 0.2) is 11.2 Å².